The topological polar surface area (TPSA) is 48.4 Å². The highest BCUT2D eigenvalue weighted by Gasteiger charge is 2.45. The Morgan fingerprint density at radius 1 is 1.65 bits per heavy atom. The van der Waals surface area contributed by atoms with Gasteiger partial charge >= 0.3 is 5.97 Å². The maximum atomic E-state index is 11.9. The van der Waals surface area contributed by atoms with Crippen LogP contribution in [0.25, 0.3) is 0 Å². The van der Waals surface area contributed by atoms with Crippen molar-refractivity contribution in [1.29, 1.82) is 0 Å². The summed E-state index contributed by atoms with van der Waals surface area (Å²) in [6.07, 6.45) is 3.33. The molecule has 3 rings (SSSR count). The molecule has 92 valence electrons. The number of esters is 1. The Hall–Kier alpha value is -0.940. The van der Waals surface area contributed by atoms with Gasteiger partial charge < -0.3 is 9.47 Å². The van der Waals surface area contributed by atoms with E-state index in [4.69, 9.17) is 9.47 Å². The Labute approximate surface area is 104 Å². The van der Waals surface area contributed by atoms with Crippen LogP contribution >= 0.6 is 11.3 Å². The molecule has 2 aliphatic heterocycles. The monoisotopic (exact) mass is 253 g/mol. The molecule has 1 aromatic rings. The van der Waals surface area contributed by atoms with Gasteiger partial charge in [-0.25, -0.2) is 4.98 Å². The molecular weight excluding hydrogens is 238 g/mol. The standard InChI is InChI=1S/C12H15NO3S/c1-7-6-17-11(13-7)5-15-12(14)9-4-8-2-3-10(9)16-8/h6,8-10H,2-5H2,1H3. The zero-order chi connectivity index (χ0) is 11.8. The highest BCUT2D eigenvalue weighted by Crippen LogP contribution is 2.39. The van der Waals surface area contributed by atoms with Gasteiger partial charge in [-0.2, -0.15) is 0 Å². The summed E-state index contributed by atoms with van der Waals surface area (Å²) >= 11 is 1.53. The van der Waals surface area contributed by atoms with E-state index >= 15 is 0 Å². The number of hydrogen-bond donors (Lipinski definition) is 0. The molecule has 3 atom stereocenters. The molecule has 0 aliphatic carbocycles. The summed E-state index contributed by atoms with van der Waals surface area (Å²) < 4.78 is 11.0. The molecule has 0 spiro atoms. The summed E-state index contributed by atoms with van der Waals surface area (Å²) in [5.74, 6) is -0.167. The van der Waals surface area contributed by atoms with Crippen molar-refractivity contribution in [3.63, 3.8) is 0 Å². The molecule has 17 heavy (non-hydrogen) atoms. The second-order valence-corrected chi connectivity index (χ2v) is 5.65. The van der Waals surface area contributed by atoms with Crippen LogP contribution in [0.4, 0.5) is 0 Å². The summed E-state index contributed by atoms with van der Waals surface area (Å²) in [6, 6.07) is 0. The van der Waals surface area contributed by atoms with Gasteiger partial charge in [-0.05, 0) is 26.2 Å². The number of carbonyl (C=O) groups is 1. The Bertz CT molecular complexity index is 431. The first kappa shape index (κ1) is 11.2. The number of rotatable bonds is 3. The van der Waals surface area contributed by atoms with Crippen LogP contribution in [0.1, 0.15) is 30.0 Å². The maximum Gasteiger partial charge on any atom is 0.312 e. The highest BCUT2D eigenvalue weighted by molar-refractivity contribution is 7.09. The minimum atomic E-state index is -0.120. The van der Waals surface area contributed by atoms with Crippen molar-refractivity contribution >= 4 is 17.3 Å². The van der Waals surface area contributed by atoms with Crippen LogP contribution in [0.3, 0.4) is 0 Å². The fourth-order valence-electron chi connectivity index (χ4n) is 2.59. The Balaban J connectivity index is 1.54. The van der Waals surface area contributed by atoms with E-state index in [1.165, 1.54) is 11.3 Å². The molecule has 2 bridgehead atoms. The van der Waals surface area contributed by atoms with E-state index in [1.54, 1.807) is 0 Å². The molecule has 1 aromatic heterocycles. The van der Waals surface area contributed by atoms with Crippen LogP contribution in [0.15, 0.2) is 5.38 Å². The summed E-state index contributed by atoms with van der Waals surface area (Å²) in [4.78, 5) is 16.2. The predicted octanol–water partition coefficient (Wildman–Crippen LogP) is 2.06. The number of aryl methyl sites for hydroxylation is 1. The number of aromatic nitrogens is 1. The van der Waals surface area contributed by atoms with Crippen molar-refractivity contribution in [3.05, 3.63) is 16.1 Å². The molecule has 2 aliphatic rings. The quantitative estimate of drug-likeness (QED) is 0.774. The molecule has 3 unspecified atom stereocenters. The van der Waals surface area contributed by atoms with E-state index in [0.29, 0.717) is 12.7 Å². The second-order valence-electron chi connectivity index (χ2n) is 4.71. The summed E-state index contributed by atoms with van der Waals surface area (Å²) in [7, 11) is 0. The van der Waals surface area contributed by atoms with E-state index in [-0.39, 0.29) is 18.0 Å². The fourth-order valence-corrected chi connectivity index (χ4v) is 3.28. The Kier molecular flexibility index (Phi) is 2.88. The lowest BCUT2D eigenvalue weighted by Gasteiger charge is -2.16. The van der Waals surface area contributed by atoms with Crippen LogP contribution < -0.4 is 0 Å². The van der Waals surface area contributed by atoms with Gasteiger partial charge in [0.25, 0.3) is 0 Å². The van der Waals surface area contributed by atoms with Crippen LogP contribution in [0.5, 0.6) is 0 Å². The molecule has 0 aromatic carbocycles. The molecule has 2 fully saturated rings. The van der Waals surface area contributed by atoms with Crippen molar-refractivity contribution in [2.45, 2.75) is 45.0 Å². The summed E-state index contributed by atoms with van der Waals surface area (Å²) in [5.41, 5.74) is 0.976. The van der Waals surface area contributed by atoms with Crippen molar-refractivity contribution in [1.82, 2.24) is 4.98 Å². The van der Waals surface area contributed by atoms with Crippen LogP contribution in [-0.4, -0.2) is 23.2 Å². The number of fused-ring (bicyclic) bond motifs is 2. The average Bonchev–Trinajstić information content (AvgIpc) is 3.01. The molecule has 0 N–H and O–H groups in total. The molecule has 0 radical (unpaired) electrons. The Morgan fingerprint density at radius 2 is 2.53 bits per heavy atom. The lowest BCUT2D eigenvalue weighted by Crippen LogP contribution is -2.27. The van der Waals surface area contributed by atoms with Crippen LogP contribution in [0, 0.1) is 12.8 Å². The summed E-state index contributed by atoms with van der Waals surface area (Å²) in [5, 5.41) is 2.82. The SMILES string of the molecule is Cc1csc(COC(=O)C2CC3CCC2O3)n1. The van der Waals surface area contributed by atoms with Gasteiger partial charge in [-0.1, -0.05) is 0 Å². The normalized spacial score (nSPS) is 30.8. The molecular formula is C12H15NO3S. The smallest absolute Gasteiger partial charge is 0.312 e. The molecule has 3 heterocycles. The predicted molar refractivity (Wildman–Crippen MR) is 62.6 cm³/mol. The fraction of sp³-hybridized carbons (Fsp3) is 0.667. The van der Waals surface area contributed by atoms with Gasteiger partial charge in [0.2, 0.25) is 0 Å². The van der Waals surface area contributed by atoms with Gasteiger partial charge in [-0.15, -0.1) is 11.3 Å². The Morgan fingerprint density at radius 3 is 3.12 bits per heavy atom. The third-order valence-electron chi connectivity index (χ3n) is 3.41. The van der Waals surface area contributed by atoms with E-state index in [9.17, 15) is 4.79 Å². The van der Waals surface area contributed by atoms with Gasteiger partial charge in [0.1, 0.15) is 11.6 Å². The lowest BCUT2D eigenvalue weighted by atomic mass is 9.89. The van der Waals surface area contributed by atoms with Gasteiger partial charge in [-0.3, -0.25) is 4.79 Å². The summed E-state index contributed by atoms with van der Waals surface area (Å²) in [6.45, 7) is 2.23. The van der Waals surface area contributed by atoms with E-state index < -0.39 is 0 Å². The largest absolute Gasteiger partial charge is 0.458 e. The molecule has 2 saturated heterocycles. The first-order valence-corrected chi connectivity index (χ1v) is 6.83. The van der Waals surface area contributed by atoms with Crippen molar-refractivity contribution < 1.29 is 14.3 Å². The van der Waals surface area contributed by atoms with Gasteiger partial charge in [0, 0.05) is 11.1 Å². The van der Waals surface area contributed by atoms with Crippen molar-refractivity contribution in [3.8, 4) is 0 Å². The second kappa shape index (κ2) is 4.38. The average molecular weight is 253 g/mol. The van der Waals surface area contributed by atoms with Crippen LogP contribution in [-0.2, 0) is 20.9 Å². The number of hydrogen-bond acceptors (Lipinski definition) is 5. The third-order valence-corrected chi connectivity index (χ3v) is 4.35. The first-order chi connectivity index (χ1) is 8.22. The van der Waals surface area contributed by atoms with E-state index in [0.717, 1.165) is 30.0 Å². The minimum absolute atomic E-state index is 0.0465. The zero-order valence-electron chi connectivity index (χ0n) is 9.72. The van der Waals surface area contributed by atoms with E-state index in [1.807, 2.05) is 12.3 Å². The van der Waals surface area contributed by atoms with E-state index in [2.05, 4.69) is 4.98 Å². The molecule has 0 saturated carbocycles. The van der Waals surface area contributed by atoms with Crippen LogP contribution in [0.2, 0.25) is 0 Å². The third kappa shape index (κ3) is 2.21. The molecule has 0 amide bonds. The number of carbonyl (C=O) groups excluding carboxylic acids is 1. The van der Waals surface area contributed by atoms with Gasteiger partial charge in [0.05, 0.1) is 18.1 Å². The first-order valence-electron chi connectivity index (χ1n) is 5.95. The van der Waals surface area contributed by atoms with Crippen molar-refractivity contribution in [2.24, 2.45) is 5.92 Å². The van der Waals surface area contributed by atoms with Gasteiger partial charge in [0.15, 0.2) is 0 Å². The zero-order valence-corrected chi connectivity index (χ0v) is 10.5. The molecule has 4 nitrogen and oxygen atoms in total. The highest BCUT2D eigenvalue weighted by atomic mass is 32.1. The molecule has 5 heteroatoms. The minimum Gasteiger partial charge on any atom is -0.458 e. The number of nitrogens with zero attached hydrogens (tertiary/aromatic N) is 1. The number of thiazole rings is 1. The lowest BCUT2D eigenvalue weighted by molar-refractivity contribution is -0.151. The van der Waals surface area contributed by atoms with Crippen molar-refractivity contribution in [2.75, 3.05) is 0 Å². The maximum absolute atomic E-state index is 11.9. The number of ether oxygens (including phenoxy) is 2.